The Morgan fingerprint density at radius 2 is 2.00 bits per heavy atom. The summed E-state index contributed by atoms with van der Waals surface area (Å²) >= 11 is 1.78. The van der Waals surface area contributed by atoms with Crippen molar-refractivity contribution >= 4 is 11.3 Å². The lowest BCUT2D eigenvalue weighted by molar-refractivity contribution is 0.189. The molecule has 0 aliphatic heterocycles. The van der Waals surface area contributed by atoms with Crippen LogP contribution < -0.4 is 10.5 Å². The smallest absolute Gasteiger partial charge is 0.123 e. The largest absolute Gasteiger partial charge is 0.496 e. The summed E-state index contributed by atoms with van der Waals surface area (Å²) in [6.45, 7) is 2.77. The van der Waals surface area contributed by atoms with Crippen LogP contribution in [0.2, 0.25) is 0 Å². The maximum absolute atomic E-state index is 6.03. The molecular formula is C16H22N2OS. The van der Waals surface area contributed by atoms with Crippen molar-refractivity contribution in [2.24, 2.45) is 5.73 Å². The molecule has 2 unspecified atom stereocenters. The van der Waals surface area contributed by atoms with E-state index >= 15 is 0 Å². The average molecular weight is 290 g/mol. The van der Waals surface area contributed by atoms with Gasteiger partial charge < -0.3 is 10.5 Å². The number of likely N-dealkylation sites (N-methyl/N-ethyl adjacent to an activating group) is 1. The van der Waals surface area contributed by atoms with E-state index in [0.29, 0.717) is 12.6 Å². The first kappa shape index (κ1) is 15.0. The highest BCUT2D eigenvalue weighted by Gasteiger charge is 2.24. The van der Waals surface area contributed by atoms with Gasteiger partial charge in [0.25, 0.3) is 0 Å². The number of hydrogen-bond donors (Lipinski definition) is 1. The van der Waals surface area contributed by atoms with Gasteiger partial charge in [-0.1, -0.05) is 24.3 Å². The lowest BCUT2D eigenvalue weighted by Crippen LogP contribution is -2.32. The topological polar surface area (TPSA) is 38.5 Å². The van der Waals surface area contributed by atoms with Gasteiger partial charge in [-0.3, -0.25) is 4.90 Å². The number of rotatable bonds is 6. The van der Waals surface area contributed by atoms with Crippen LogP contribution >= 0.6 is 11.3 Å². The molecule has 0 radical (unpaired) electrons. The van der Waals surface area contributed by atoms with Crippen molar-refractivity contribution in [1.82, 2.24) is 4.90 Å². The van der Waals surface area contributed by atoms with Crippen LogP contribution in [-0.2, 0) is 0 Å². The van der Waals surface area contributed by atoms with E-state index in [-0.39, 0.29) is 6.04 Å². The molecule has 20 heavy (non-hydrogen) atoms. The summed E-state index contributed by atoms with van der Waals surface area (Å²) in [5.74, 6) is 0.896. The highest BCUT2D eigenvalue weighted by atomic mass is 32.1. The van der Waals surface area contributed by atoms with Gasteiger partial charge in [-0.15, -0.1) is 11.3 Å². The molecule has 2 aromatic rings. The van der Waals surface area contributed by atoms with Crippen LogP contribution in [0, 0.1) is 0 Å². The van der Waals surface area contributed by atoms with Crippen LogP contribution in [0.5, 0.6) is 5.75 Å². The molecule has 0 aliphatic carbocycles. The van der Waals surface area contributed by atoms with Gasteiger partial charge in [0, 0.05) is 23.0 Å². The molecule has 1 aromatic carbocycles. The summed E-state index contributed by atoms with van der Waals surface area (Å²) < 4.78 is 5.47. The van der Waals surface area contributed by atoms with E-state index in [1.54, 1.807) is 18.4 Å². The Kier molecular flexibility index (Phi) is 5.17. The van der Waals surface area contributed by atoms with Gasteiger partial charge in [-0.25, -0.2) is 0 Å². The zero-order valence-electron chi connectivity index (χ0n) is 12.2. The third kappa shape index (κ3) is 3.03. The minimum atomic E-state index is 0.142. The predicted molar refractivity (Wildman–Crippen MR) is 85.3 cm³/mol. The Balaban J connectivity index is 2.27. The summed E-state index contributed by atoms with van der Waals surface area (Å²) in [5, 5.41) is 2.11. The Bertz CT molecular complexity index is 527. The van der Waals surface area contributed by atoms with Crippen LogP contribution in [0.4, 0.5) is 0 Å². The van der Waals surface area contributed by atoms with Gasteiger partial charge in [0.05, 0.1) is 13.2 Å². The summed E-state index contributed by atoms with van der Waals surface area (Å²) in [5.41, 5.74) is 7.17. The van der Waals surface area contributed by atoms with Crippen molar-refractivity contribution < 1.29 is 4.74 Å². The second kappa shape index (κ2) is 6.88. The summed E-state index contributed by atoms with van der Waals surface area (Å²) in [6.07, 6.45) is 0. The molecule has 4 heteroatoms. The molecule has 0 spiro atoms. The van der Waals surface area contributed by atoms with Crippen molar-refractivity contribution in [3.8, 4) is 5.75 Å². The van der Waals surface area contributed by atoms with Gasteiger partial charge in [-0.2, -0.15) is 0 Å². The van der Waals surface area contributed by atoms with Gasteiger partial charge in [0.1, 0.15) is 5.75 Å². The minimum Gasteiger partial charge on any atom is -0.496 e. The predicted octanol–water partition coefficient (Wildman–Crippen LogP) is 3.45. The molecule has 0 bridgehead atoms. The van der Waals surface area contributed by atoms with Crippen molar-refractivity contribution in [2.45, 2.75) is 19.0 Å². The maximum Gasteiger partial charge on any atom is 0.123 e. The van der Waals surface area contributed by atoms with Crippen molar-refractivity contribution in [2.75, 3.05) is 20.7 Å². The third-order valence-electron chi connectivity index (χ3n) is 3.78. The summed E-state index contributed by atoms with van der Waals surface area (Å²) in [4.78, 5) is 3.66. The van der Waals surface area contributed by atoms with Crippen molar-refractivity contribution in [1.29, 1.82) is 0 Å². The molecule has 1 aromatic heterocycles. The molecule has 0 saturated carbocycles. The number of ether oxygens (including phenoxy) is 1. The molecular weight excluding hydrogens is 268 g/mol. The maximum atomic E-state index is 6.03. The van der Waals surface area contributed by atoms with Gasteiger partial charge in [0.2, 0.25) is 0 Å². The fraction of sp³-hybridized carbons (Fsp3) is 0.375. The van der Waals surface area contributed by atoms with Crippen molar-refractivity contribution in [3.63, 3.8) is 0 Å². The molecule has 0 saturated heterocycles. The monoisotopic (exact) mass is 290 g/mol. The van der Waals surface area contributed by atoms with Crippen molar-refractivity contribution in [3.05, 3.63) is 52.2 Å². The fourth-order valence-electron chi connectivity index (χ4n) is 2.45. The van der Waals surface area contributed by atoms with E-state index in [0.717, 1.165) is 11.3 Å². The van der Waals surface area contributed by atoms with Gasteiger partial charge in [-0.05, 0) is 31.5 Å². The van der Waals surface area contributed by atoms with E-state index < -0.39 is 0 Å². The number of nitrogens with two attached hydrogens (primary N) is 1. The molecule has 108 valence electrons. The number of nitrogens with zero attached hydrogens (tertiary/aromatic N) is 1. The Morgan fingerprint density at radius 3 is 2.60 bits per heavy atom. The highest BCUT2D eigenvalue weighted by molar-refractivity contribution is 7.10. The normalized spacial score (nSPS) is 14.2. The first-order valence-corrected chi connectivity index (χ1v) is 7.65. The average Bonchev–Trinajstić information content (AvgIpc) is 3.01. The molecule has 0 fully saturated rings. The zero-order valence-corrected chi connectivity index (χ0v) is 13.1. The molecule has 1 heterocycles. The first-order valence-electron chi connectivity index (χ1n) is 6.77. The Hall–Kier alpha value is -1.36. The number of thiophene rings is 1. The zero-order chi connectivity index (χ0) is 14.5. The quantitative estimate of drug-likeness (QED) is 0.885. The van der Waals surface area contributed by atoms with Gasteiger partial charge in [0.15, 0.2) is 0 Å². The SMILES string of the molecule is COc1ccccc1C(CN)N(C)C(C)c1cccs1. The Morgan fingerprint density at radius 1 is 1.25 bits per heavy atom. The van der Waals surface area contributed by atoms with Crippen LogP contribution in [0.1, 0.15) is 29.4 Å². The molecule has 3 nitrogen and oxygen atoms in total. The second-order valence-corrected chi connectivity index (χ2v) is 5.83. The highest BCUT2D eigenvalue weighted by Crippen LogP contribution is 2.34. The van der Waals surface area contributed by atoms with E-state index in [9.17, 15) is 0 Å². The third-order valence-corrected chi connectivity index (χ3v) is 4.82. The molecule has 0 amide bonds. The number of para-hydroxylation sites is 1. The lowest BCUT2D eigenvalue weighted by Gasteiger charge is -2.33. The summed E-state index contributed by atoms with van der Waals surface area (Å²) in [7, 11) is 3.82. The number of hydrogen-bond acceptors (Lipinski definition) is 4. The lowest BCUT2D eigenvalue weighted by atomic mass is 10.0. The van der Waals surface area contributed by atoms with Crippen LogP contribution in [0.25, 0.3) is 0 Å². The van der Waals surface area contributed by atoms with E-state index in [1.165, 1.54) is 4.88 Å². The van der Waals surface area contributed by atoms with Crippen LogP contribution in [0.15, 0.2) is 41.8 Å². The molecule has 2 atom stereocenters. The fourth-order valence-corrected chi connectivity index (χ4v) is 3.29. The number of methoxy groups -OCH3 is 1. The van der Waals surface area contributed by atoms with E-state index in [1.807, 2.05) is 18.2 Å². The molecule has 2 N–H and O–H groups in total. The van der Waals surface area contributed by atoms with Crippen LogP contribution in [0.3, 0.4) is 0 Å². The van der Waals surface area contributed by atoms with E-state index in [4.69, 9.17) is 10.5 Å². The van der Waals surface area contributed by atoms with Gasteiger partial charge >= 0.3 is 0 Å². The summed E-state index contributed by atoms with van der Waals surface area (Å²) in [6, 6.07) is 12.8. The minimum absolute atomic E-state index is 0.142. The second-order valence-electron chi connectivity index (χ2n) is 4.85. The molecule has 2 rings (SSSR count). The number of benzene rings is 1. The standard InChI is InChI=1S/C16H22N2OS/c1-12(16-9-6-10-20-16)18(2)14(11-17)13-7-4-5-8-15(13)19-3/h4-10,12,14H,11,17H2,1-3H3. The van der Waals surface area contributed by atoms with E-state index in [2.05, 4.69) is 42.5 Å². The van der Waals surface area contributed by atoms with Crippen LogP contribution in [-0.4, -0.2) is 25.6 Å². The Labute approximate surface area is 125 Å². The first-order chi connectivity index (χ1) is 9.69. The molecule has 0 aliphatic rings.